The first kappa shape index (κ1) is 23.4. The summed E-state index contributed by atoms with van der Waals surface area (Å²) >= 11 is 0. The number of likely N-dealkylation sites (N-methyl/N-ethyl adjacent to an activating group) is 1. The van der Waals surface area contributed by atoms with Crippen molar-refractivity contribution < 1.29 is 4.79 Å². The smallest absolute Gasteiger partial charge is 0.217 e. The minimum Gasteiger partial charge on any atom is -0.370 e. The van der Waals surface area contributed by atoms with Gasteiger partial charge in [0.15, 0.2) is 5.96 Å². The summed E-state index contributed by atoms with van der Waals surface area (Å²) in [4.78, 5) is 20.1. The van der Waals surface area contributed by atoms with E-state index in [0.717, 1.165) is 44.9 Å². The summed E-state index contributed by atoms with van der Waals surface area (Å²) in [5.74, 6) is 1.75. The summed E-state index contributed by atoms with van der Waals surface area (Å²) < 4.78 is 0. The molecule has 0 aromatic heterocycles. The van der Waals surface area contributed by atoms with Crippen LogP contribution in [0.15, 0.2) is 4.99 Å². The van der Waals surface area contributed by atoms with E-state index in [4.69, 9.17) is 5.73 Å². The number of guanidine groups is 1. The van der Waals surface area contributed by atoms with Crippen molar-refractivity contribution in [3.05, 3.63) is 0 Å². The quantitative estimate of drug-likeness (QED) is 0.350. The zero-order valence-corrected chi connectivity index (χ0v) is 18.2. The number of nitrogens with zero attached hydrogens (tertiary/aromatic N) is 3. The fourth-order valence-corrected chi connectivity index (χ4v) is 3.27. The third kappa shape index (κ3) is 8.50. The first-order chi connectivity index (χ1) is 10.8. The molecule has 1 fully saturated rings. The molecule has 2 unspecified atom stereocenters. The van der Waals surface area contributed by atoms with Crippen LogP contribution >= 0.6 is 24.0 Å². The van der Waals surface area contributed by atoms with E-state index in [2.05, 4.69) is 48.1 Å². The predicted molar refractivity (Wildman–Crippen MR) is 112 cm³/mol. The highest BCUT2D eigenvalue weighted by atomic mass is 127. The number of nitrogens with two attached hydrogens (primary N) is 1. The minimum absolute atomic E-state index is 0. The van der Waals surface area contributed by atoms with Crippen LogP contribution in [0.2, 0.25) is 0 Å². The van der Waals surface area contributed by atoms with Crippen molar-refractivity contribution in [1.29, 1.82) is 0 Å². The summed E-state index contributed by atoms with van der Waals surface area (Å²) in [6.07, 6.45) is 3.79. The molecule has 7 heteroatoms. The van der Waals surface area contributed by atoms with Crippen molar-refractivity contribution in [2.45, 2.75) is 45.6 Å². The van der Waals surface area contributed by atoms with Gasteiger partial charge >= 0.3 is 0 Å². The van der Waals surface area contributed by atoms with Crippen molar-refractivity contribution in [2.24, 2.45) is 22.6 Å². The van der Waals surface area contributed by atoms with Crippen molar-refractivity contribution >= 4 is 35.8 Å². The van der Waals surface area contributed by atoms with Gasteiger partial charge in [-0.15, -0.1) is 24.0 Å². The lowest BCUT2D eigenvalue weighted by Gasteiger charge is -2.36. The maximum Gasteiger partial charge on any atom is 0.217 e. The Morgan fingerprint density at radius 3 is 2.58 bits per heavy atom. The van der Waals surface area contributed by atoms with Gasteiger partial charge in [-0.05, 0) is 45.2 Å². The van der Waals surface area contributed by atoms with E-state index < -0.39 is 0 Å². The molecule has 2 atom stereocenters. The molecule has 3 N–H and O–H groups in total. The molecular formula is C17H36IN5O. The van der Waals surface area contributed by atoms with Crippen LogP contribution in [0.5, 0.6) is 0 Å². The minimum atomic E-state index is -0.204. The van der Waals surface area contributed by atoms with Crippen LogP contribution in [-0.4, -0.2) is 68.5 Å². The molecule has 0 bridgehead atoms. The molecule has 1 saturated heterocycles. The second-order valence-electron chi connectivity index (χ2n) is 7.30. The van der Waals surface area contributed by atoms with Gasteiger partial charge in [0, 0.05) is 39.1 Å². The first-order valence-corrected chi connectivity index (χ1v) is 8.73. The van der Waals surface area contributed by atoms with E-state index in [1.807, 2.05) is 7.05 Å². The number of piperidine rings is 1. The molecule has 1 aliphatic heterocycles. The number of likely N-dealkylation sites (tertiary alicyclic amines) is 1. The van der Waals surface area contributed by atoms with Crippen LogP contribution in [0.3, 0.4) is 0 Å². The Balaban J connectivity index is 0.00000529. The van der Waals surface area contributed by atoms with Crippen molar-refractivity contribution in [1.82, 2.24) is 15.1 Å². The molecule has 142 valence electrons. The molecule has 1 rings (SSSR count). The Hall–Kier alpha value is -0.570. The largest absolute Gasteiger partial charge is 0.370 e. The molecule has 0 aromatic carbocycles. The number of hydrogen-bond acceptors (Lipinski definition) is 3. The Morgan fingerprint density at radius 1 is 1.42 bits per heavy atom. The van der Waals surface area contributed by atoms with Crippen molar-refractivity contribution in [2.75, 3.05) is 40.8 Å². The number of rotatable bonds is 7. The number of primary amides is 1. The SMILES string of the molecule is CN=C(NCC(CC(C)C)N(C)C)N1CCCC(CC(N)=O)C1.I. The van der Waals surface area contributed by atoms with Gasteiger partial charge in [0.1, 0.15) is 0 Å². The number of aliphatic imine (C=N–C) groups is 1. The predicted octanol–water partition coefficient (Wildman–Crippen LogP) is 1.74. The summed E-state index contributed by atoms with van der Waals surface area (Å²) in [7, 11) is 6.08. The van der Waals surface area contributed by atoms with Gasteiger partial charge in [0.05, 0.1) is 0 Å². The average Bonchev–Trinajstić information content (AvgIpc) is 2.45. The van der Waals surface area contributed by atoms with E-state index in [1.165, 1.54) is 0 Å². The molecule has 0 saturated carbocycles. The molecule has 0 radical (unpaired) electrons. The Morgan fingerprint density at radius 2 is 2.08 bits per heavy atom. The number of carbonyl (C=O) groups is 1. The molecule has 6 nitrogen and oxygen atoms in total. The third-order valence-electron chi connectivity index (χ3n) is 4.49. The van der Waals surface area contributed by atoms with Crippen LogP contribution in [0.4, 0.5) is 0 Å². The van der Waals surface area contributed by atoms with Gasteiger partial charge in [-0.25, -0.2) is 0 Å². The van der Waals surface area contributed by atoms with E-state index in [1.54, 1.807) is 0 Å². The average molecular weight is 453 g/mol. The van der Waals surface area contributed by atoms with Gasteiger partial charge in [0.2, 0.25) is 5.91 Å². The Labute approximate surface area is 164 Å². The fourth-order valence-electron chi connectivity index (χ4n) is 3.27. The fraction of sp³-hybridized carbons (Fsp3) is 0.882. The lowest BCUT2D eigenvalue weighted by Crippen LogP contribution is -2.50. The van der Waals surface area contributed by atoms with E-state index >= 15 is 0 Å². The molecule has 24 heavy (non-hydrogen) atoms. The first-order valence-electron chi connectivity index (χ1n) is 8.73. The van der Waals surface area contributed by atoms with Crippen LogP contribution in [0.25, 0.3) is 0 Å². The number of halogens is 1. The van der Waals surface area contributed by atoms with Gasteiger partial charge in [-0.1, -0.05) is 13.8 Å². The van der Waals surface area contributed by atoms with Crippen LogP contribution < -0.4 is 11.1 Å². The van der Waals surface area contributed by atoms with E-state index in [9.17, 15) is 4.79 Å². The molecule has 0 aliphatic carbocycles. The number of hydrogen-bond donors (Lipinski definition) is 2. The highest BCUT2D eigenvalue weighted by Crippen LogP contribution is 2.19. The van der Waals surface area contributed by atoms with Crippen LogP contribution in [-0.2, 0) is 4.79 Å². The Kier molecular flexibility index (Phi) is 11.6. The monoisotopic (exact) mass is 453 g/mol. The summed E-state index contributed by atoms with van der Waals surface area (Å²) in [6.45, 7) is 7.24. The lowest BCUT2D eigenvalue weighted by molar-refractivity contribution is -0.119. The topological polar surface area (TPSA) is 74.0 Å². The molecule has 0 aromatic rings. The van der Waals surface area contributed by atoms with Crippen molar-refractivity contribution in [3.8, 4) is 0 Å². The van der Waals surface area contributed by atoms with E-state index in [-0.39, 0.29) is 29.9 Å². The molecule has 1 amide bonds. The molecule has 1 aliphatic rings. The van der Waals surface area contributed by atoms with Crippen molar-refractivity contribution in [3.63, 3.8) is 0 Å². The Bertz CT molecular complexity index is 400. The molecule has 0 spiro atoms. The lowest BCUT2D eigenvalue weighted by atomic mass is 9.95. The zero-order chi connectivity index (χ0) is 17.4. The van der Waals surface area contributed by atoms with Gasteiger partial charge in [0.25, 0.3) is 0 Å². The second-order valence-corrected chi connectivity index (χ2v) is 7.30. The van der Waals surface area contributed by atoms with Gasteiger partial charge in [-0.3, -0.25) is 9.79 Å². The zero-order valence-electron chi connectivity index (χ0n) is 15.9. The van der Waals surface area contributed by atoms with Gasteiger partial charge in [-0.2, -0.15) is 0 Å². The number of amides is 1. The summed E-state index contributed by atoms with van der Waals surface area (Å²) in [5.41, 5.74) is 5.35. The third-order valence-corrected chi connectivity index (χ3v) is 4.49. The molecule has 1 heterocycles. The summed E-state index contributed by atoms with van der Waals surface area (Å²) in [5, 5.41) is 3.52. The normalized spacial score (nSPS) is 20.0. The maximum absolute atomic E-state index is 11.2. The summed E-state index contributed by atoms with van der Waals surface area (Å²) in [6, 6.07) is 0.484. The second kappa shape index (κ2) is 11.9. The van der Waals surface area contributed by atoms with E-state index in [0.29, 0.717) is 24.3 Å². The van der Waals surface area contributed by atoms with Gasteiger partial charge < -0.3 is 20.9 Å². The van der Waals surface area contributed by atoms with Crippen LogP contribution in [0, 0.1) is 11.8 Å². The molecular weight excluding hydrogens is 417 g/mol. The highest BCUT2D eigenvalue weighted by Gasteiger charge is 2.24. The highest BCUT2D eigenvalue weighted by molar-refractivity contribution is 14.0. The number of nitrogens with one attached hydrogen (secondary N) is 1. The maximum atomic E-state index is 11.2. The van der Waals surface area contributed by atoms with Crippen LogP contribution in [0.1, 0.15) is 39.5 Å². The number of carbonyl (C=O) groups excluding carboxylic acids is 1. The standard InChI is InChI=1S/C17H35N5O.HI/c1-13(2)9-15(21(4)5)11-20-17(19-3)22-8-6-7-14(12-22)10-16(18)23;/h13-15H,6-12H2,1-5H3,(H2,18,23)(H,19,20);1H.